The Balaban J connectivity index is 1.40. The number of ether oxygens (including phenoxy) is 1. The summed E-state index contributed by atoms with van der Waals surface area (Å²) in [5.74, 6) is -0.859. The minimum Gasteiger partial charge on any atom is -0.491 e. The molecule has 1 saturated carbocycles. The van der Waals surface area contributed by atoms with Crippen molar-refractivity contribution in [1.82, 2.24) is 24.2 Å². The molecule has 2 N–H and O–H groups in total. The number of nitrogens with one attached hydrogen (secondary N) is 1. The standard InChI is InChI=1S/C26H28F2N6O3/c1-13-18(10-19(27)22(37-4)21(13)28)15-9-16-12-33(8-7-20(16)29-11-15)23-14(2)26(36,17-5-6-17)34-24(30-23)31-32(3)25(34)35/h9-11,17,36H,5-8,12H2,1-4H3,(H,30,31)/i36D. The summed E-state index contributed by atoms with van der Waals surface area (Å²) in [6.45, 7) is 4.57. The highest BCUT2D eigenvalue weighted by Gasteiger charge is 2.53. The first-order valence-electron chi connectivity index (χ1n) is 12.7. The zero-order valence-corrected chi connectivity index (χ0v) is 21.1. The average Bonchev–Trinajstić information content (AvgIpc) is 3.72. The normalized spacial score (nSPS) is 21.4. The van der Waals surface area contributed by atoms with Crippen LogP contribution in [0.5, 0.6) is 5.75 Å². The average molecular weight is 512 g/mol. The lowest BCUT2D eigenvalue weighted by atomic mass is 9.94. The number of halogens is 2. The van der Waals surface area contributed by atoms with Gasteiger partial charge in [-0.1, -0.05) is 0 Å². The van der Waals surface area contributed by atoms with E-state index in [0.29, 0.717) is 36.6 Å². The molecule has 194 valence electrons. The summed E-state index contributed by atoms with van der Waals surface area (Å²) in [6.07, 6.45) is 3.97. The van der Waals surface area contributed by atoms with Crippen LogP contribution >= 0.6 is 0 Å². The van der Waals surface area contributed by atoms with Crippen LogP contribution in [0.1, 0.15) is 36.6 Å². The number of hydrogen-bond acceptors (Lipinski definition) is 7. The van der Waals surface area contributed by atoms with Crippen molar-refractivity contribution < 1.29 is 18.6 Å². The monoisotopic (exact) mass is 511 g/mol. The lowest BCUT2D eigenvalue weighted by molar-refractivity contribution is -0.0292. The highest BCUT2D eigenvalue weighted by Crippen LogP contribution is 2.50. The van der Waals surface area contributed by atoms with Crippen LogP contribution < -0.4 is 15.7 Å². The Kier molecular flexibility index (Phi) is 4.94. The SMILES string of the molecule is [2H]OC1(C2CC2)C(C)=C(N2CCc3ncc(-c4cc(F)c(OC)c(F)c4C)cc3C2)Nc2nn(C)c(=O)n21. The van der Waals surface area contributed by atoms with Crippen molar-refractivity contribution in [3.8, 4) is 16.9 Å². The topological polar surface area (TPSA) is 97.4 Å². The number of aliphatic hydroxyl groups is 1. The summed E-state index contributed by atoms with van der Waals surface area (Å²) < 4.78 is 44.9. The van der Waals surface area contributed by atoms with E-state index in [1.807, 2.05) is 13.0 Å². The highest BCUT2D eigenvalue weighted by molar-refractivity contribution is 5.69. The van der Waals surface area contributed by atoms with E-state index in [1.54, 1.807) is 20.2 Å². The molecule has 1 aliphatic carbocycles. The van der Waals surface area contributed by atoms with Crippen molar-refractivity contribution in [3.63, 3.8) is 0 Å². The van der Waals surface area contributed by atoms with E-state index >= 15 is 0 Å². The van der Waals surface area contributed by atoms with Gasteiger partial charge in [0.25, 0.3) is 0 Å². The fourth-order valence-electron chi connectivity index (χ4n) is 5.61. The van der Waals surface area contributed by atoms with Crippen molar-refractivity contribution >= 4 is 5.95 Å². The van der Waals surface area contributed by atoms with E-state index in [4.69, 9.17) is 11.3 Å². The van der Waals surface area contributed by atoms with Gasteiger partial charge >= 0.3 is 5.69 Å². The number of rotatable bonds is 5. The third kappa shape index (κ3) is 3.40. The predicted octanol–water partition coefficient (Wildman–Crippen LogP) is 3.01. The van der Waals surface area contributed by atoms with Gasteiger partial charge in [0, 0.05) is 55.5 Å². The van der Waals surface area contributed by atoms with Gasteiger partial charge in [0.05, 0.1) is 7.11 Å². The van der Waals surface area contributed by atoms with Crippen molar-refractivity contribution in [2.45, 2.75) is 45.4 Å². The van der Waals surface area contributed by atoms with Crippen molar-refractivity contribution in [2.75, 3.05) is 19.0 Å². The van der Waals surface area contributed by atoms with E-state index in [9.17, 15) is 13.6 Å². The van der Waals surface area contributed by atoms with Gasteiger partial charge in [-0.05, 0) is 55.5 Å². The molecule has 2 aliphatic heterocycles. The van der Waals surface area contributed by atoms with Crippen LogP contribution in [0.15, 0.2) is 34.5 Å². The maximum Gasteiger partial charge on any atom is 0.349 e. The van der Waals surface area contributed by atoms with Crippen LogP contribution in [0.25, 0.3) is 11.1 Å². The van der Waals surface area contributed by atoms with Gasteiger partial charge in [0.15, 0.2) is 23.1 Å². The van der Waals surface area contributed by atoms with E-state index in [1.165, 1.54) is 22.4 Å². The molecule has 3 aromatic rings. The Morgan fingerprint density at radius 2 is 2.08 bits per heavy atom. The van der Waals surface area contributed by atoms with Crippen LogP contribution in [-0.2, 0) is 25.7 Å². The lowest BCUT2D eigenvalue weighted by Crippen LogP contribution is -2.50. The zero-order chi connectivity index (χ0) is 26.9. The van der Waals surface area contributed by atoms with Crippen LogP contribution in [0.2, 0.25) is 0 Å². The van der Waals surface area contributed by atoms with Crippen LogP contribution in [0, 0.1) is 24.5 Å². The van der Waals surface area contributed by atoms with E-state index < -0.39 is 23.1 Å². The second-order valence-corrected chi connectivity index (χ2v) is 10.0. The molecule has 1 unspecified atom stereocenters. The number of fused-ring (bicyclic) bond motifs is 2. The number of hydrogen-bond donors (Lipinski definition) is 2. The third-order valence-electron chi connectivity index (χ3n) is 7.80. The number of nitrogens with zero attached hydrogens (tertiary/aromatic N) is 5. The second kappa shape index (κ2) is 8.14. The quantitative estimate of drug-likeness (QED) is 0.544. The van der Waals surface area contributed by atoms with Gasteiger partial charge in [-0.25, -0.2) is 22.8 Å². The number of aryl methyl sites for hydroxylation is 1. The van der Waals surface area contributed by atoms with Gasteiger partial charge in [0.1, 0.15) is 5.82 Å². The minimum absolute atomic E-state index is 0.00839. The first-order chi connectivity index (χ1) is 18.2. The molecule has 0 saturated heterocycles. The Morgan fingerprint density at radius 3 is 2.78 bits per heavy atom. The fourth-order valence-corrected chi connectivity index (χ4v) is 5.61. The molecule has 37 heavy (non-hydrogen) atoms. The number of methoxy groups -OCH3 is 1. The summed E-state index contributed by atoms with van der Waals surface area (Å²) >= 11 is 0. The molecule has 0 amide bonds. The van der Waals surface area contributed by atoms with Gasteiger partial charge in [0.2, 0.25) is 7.38 Å². The Morgan fingerprint density at radius 1 is 1.30 bits per heavy atom. The molecule has 9 nitrogen and oxygen atoms in total. The Labute approximate surface area is 213 Å². The Bertz CT molecular complexity index is 1560. The molecule has 1 atom stereocenters. The summed E-state index contributed by atoms with van der Waals surface area (Å²) in [5.41, 5.74) is 2.26. The van der Waals surface area contributed by atoms with E-state index in [0.717, 1.165) is 35.5 Å². The number of pyridine rings is 1. The Hall–Kier alpha value is -3.73. The van der Waals surface area contributed by atoms with Gasteiger partial charge < -0.3 is 20.1 Å². The first-order valence-corrected chi connectivity index (χ1v) is 12.3. The minimum atomic E-state index is -1.24. The van der Waals surface area contributed by atoms with Crippen molar-refractivity contribution in [1.29, 1.82) is 1.43 Å². The third-order valence-corrected chi connectivity index (χ3v) is 7.80. The molecular formula is C26H28F2N6O3. The predicted molar refractivity (Wildman–Crippen MR) is 132 cm³/mol. The molecule has 11 heteroatoms. The van der Waals surface area contributed by atoms with Crippen LogP contribution in [0.3, 0.4) is 0 Å². The highest BCUT2D eigenvalue weighted by atomic mass is 19.1. The van der Waals surface area contributed by atoms with Gasteiger partial charge in [-0.15, -0.1) is 5.10 Å². The molecular weight excluding hydrogens is 482 g/mol. The summed E-state index contributed by atoms with van der Waals surface area (Å²) in [6, 6.07) is 3.18. The lowest BCUT2D eigenvalue weighted by Gasteiger charge is -2.41. The molecule has 1 aromatic carbocycles. The van der Waals surface area contributed by atoms with E-state index in [-0.39, 0.29) is 17.2 Å². The number of aromatic nitrogens is 4. The van der Waals surface area contributed by atoms with Crippen LogP contribution in [0.4, 0.5) is 14.7 Å². The molecule has 0 radical (unpaired) electrons. The maximum absolute atomic E-state index is 14.8. The van der Waals surface area contributed by atoms with Gasteiger partial charge in [-0.2, -0.15) is 0 Å². The smallest absolute Gasteiger partial charge is 0.349 e. The molecule has 3 aliphatic rings. The molecule has 0 spiro atoms. The summed E-state index contributed by atoms with van der Waals surface area (Å²) in [7, 11) is 2.81. The first kappa shape index (κ1) is 22.5. The molecule has 0 bridgehead atoms. The van der Waals surface area contributed by atoms with Crippen molar-refractivity contribution in [2.24, 2.45) is 13.0 Å². The van der Waals surface area contributed by atoms with E-state index in [2.05, 4.69) is 20.3 Å². The van der Waals surface area contributed by atoms with Gasteiger partial charge in [-0.3, -0.25) is 4.98 Å². The molecule has 2 aromatic heterocycles. The number of benzene rings is 1. The summed E-state index contributed by atoms with van der Waals surface area (Å²) in [5, 5.41) is 13.1. The second-order valence-electron chi connectivity index (χ2n) is 10.0. The molecule has 1 fully saturated rings. The van der Waals surface area contributed by atoms with Crippen molar-refractivity contribution in [3.05, 3.63) is 68.7 Å². The summed E-state index contributed by atoms with van der Waals surface area (Å²) in [4.78, 5) is 19.7. The van der Waals surface area contributed by atoms with Crippen LogP contribution in [-0.4, -0.2) is 44.4 Å². The molecule has 4 heterocycles. The zero-order valence-electron chi connectivity index (χ0n) is 22.1. The molecule has 6 rings (SSSR count). The maximum atomic E-state index is 14.8. The largest absolute Gasteiger partial charge is 0.491 e. The number of anilines is 1. The fraction of sp³-hybridized carbons (Fsp3) is 0.423.